The van der Waals surface area contributed by atoms with Gasteiger partial charge in [0.05, 0.1) is 16.1 Å². The minimum atomic E-state index is -0.730. The van der Waals surface area contributed by atoms with E-state index in [1.165, 1.54) is 12.1 Å². The molecule has 0 aromatic heterocycles. The Balaban J connectivity index is 3.01. The van der Waals surface area contributed by atoms with Crippen LogP contribution in [0.3, 0.4) is 0 Å². The Kier molecular flexibility index (Phi) is 4.17. The zero-order valence-electron chi connectivity index (χ0n) is 8.04. The maximum absolute atomic E-state index is 13.5. The van der Waals surface area contributed by atoms with Gasteiger partial charge in [0.25, 0.3) is 0 Å². The molecule has 0 aliphatic carbocycles. The van der Waals surface area contributed by atoms with Crippen LogP contribution < -0.4 is 5.73 Å². The summed E-state index contributed by atoms with van der Waals surface area (Å²) in [7, 11) is 0. The highest BCUT2D eigenvalue weighted by Gasteiger charge is 2.19. The fraction of sp³-hybridized carbons (Fsp3) is 0.182. The molecular formula is C11H11BrFNO. The van der Waals surface area contributed by atoms with E-state index in [1.807, 2.05) is 0 Å². The molecule has 1 unspecified atom stereocenters. The van der Waals surface area contributed by atoms with E-state index in [0.29, 0.717) is 6.42 Å². The summed E-state index contributed by atoms with van der Waals surface area (Å²) in [6.07, 6.45) is 1.88. The molecule has 2 N–H and O–H groups in total. The molecule has 1 rings (SSSR count). The van der Waals surface area contributed by atoms with Crippen LogP contribution in [0.15, 0.2) is 35.3 Å². The van der Waals surface area contributed by atoms with Gasteiger partial charge in [0.1, 0.15) is 5.82 Å². The maximum atomic E-state index is 13.5. The molecule has 0 amide bonds. The summed E-state index contributed by atoms with van der Waals surface area (Å²) in [6.45, 7) is 3.48. The fourth-order valence-corrected chi connectivity index (χ4v) is 1.55. The molecule has 0 saturated heterocycles. The van der Waals surface area contributed by atoms with E-state index in [2.05, 4.69) is 22.5 Å². The number of halogens is 2. The molecule has 2 nitrogen and oxygen atoms in total. The Bertz CT molecular complexity index is 392. The van der Waals surface area contributed by atoms with Crippen molar-refractivity contribution in [1.82, 2.24) is 0 Å². The van der Waals surface area contributed by atoms with E-state index in [0.717, 1.165) is 0 Å². The van der Waals surface area contributed by atoms with Crippen molar-refractivity contribution in [3.63, 3.8) is 0 Å². The quantitative estimate of drug-likeness (QED) is 0.676. The average molecular weight is 272 g/mol. The highest BCUT2D eigenvalue weighted by Crippen LogP contribution is 2.19. The Labute approximate surface area is 96.1 Å². The second-order valence-corrected chi connectivity index (χ2v) is 3.95. The minimum Gasteiger partial charge on any atom is -0.321 e. The van der Waals surface area contributed by atoms with Gasteiger partial charge in [0.2, 0.25) is 0 Å². The van der Waals surface area contributed by atoms with E-state index in [1.54, 1.807) is 12.1 Å². The van der Waals surface area contributed by atoms with E-state index in [-0.39, 0.29) is 10.0 Å². The average Bonchev–Trinajstić information content (AvgIpc) is 2.21. The van der Waals surface area contributed by atoms with Gasteiger partial charge in [-0.2, -0.15) is 0 Å². The number of Topliss-reactive ketones (excluding diaryl/α,β-unsaturated/α-hetero) is 1. The first-order valence-electron chi connectivity index (χ1n) is 4.42. The molecule has 1 atom stereocenters. The first-order chi connectivity index (χ1) is 7.07. The molecule has 0 aliphatic heterocycles. The Hall–Kier alpha value is -1.000. The minimum absolute atomic E-state index is 0.0127. The number of nitrogens with two attached hydrogens (primary N) is 1. The van der Waals surface area contributed by atoms with E-state index in [9.17, 15) is 9.18 Å². The van der Waals surface area contributed by atoms with E-state index in [4.69, 9.17) is 5.73 Å². The van der Waals surface area contributed by atoms with Crippen LogP contribution in [-0.4, -0.2) is 11.8 Å². The maximum Gasteiger partial charge on any atom is 0.182 e. The summed E-state index contributed by atoms with van der Waals surface area (Å²) in [6, 6.07) is 3.82. The number of benzene rings is 1. The number of rotatable bonds is 4. The van der Waals surface area contributed by atoms with Gasteiger partial charge < -0.3 is 5.73 Å². The van der Waals surface area contributed by atoms with Gasteiger partial charge in [0.15, 0.2) is 5.78 Å². The highest BCUT2D eigenvalue weighted by atomic mass is 79.9. The molecule has 0 heterocycles. The predicted molar refractivity (Wildman–Crippen MR) is 61.2 cm³/mol. The molecule has 80 valence electrons. The fourth-order valence-electron chi connectivity index (χ4n) is 1.18. The van der Waals surface area contributed by atoms with Gasteiger partial charge in [-0.15, -0.1) is 6.58 Å². The number of hydrogen-bond acceptors (Lipinski definition) is 2. The molecule has 1 aromatic carbocycles. The van der Waals surface area contributed by atoms with Gasteiger partial charge in [-0.1, -0.05) is 12.1 Å². The normalized spacial score (nSPS) is 12.2. The van der Waals surface area contributed by atoms with Crippen LogP contribution in [0.25, 0.3) is 0 Å². The molecule has 0 bridgehead atoms. The molecule has 0 saturated carbocycles. The summed E-state index contributed by atoms with van der Waals surface area (Å²) < 4.78 is 13.8. The molecule has 0 aliphatic rings. The Morgan fingerprint density at radius 3 is 2.93 bits per heavy atom. The zero-order chi connectivity index (χ0) is 11.4. The van der Waals surface area contributed by atoms with Crippen molar-refractivity contribution in [1.29, 1.82) is 0 Å². The van der Waals surface area contributed by atoms with E-state index >= 15 is 0 Å². The molecule has 1 aromatic rings. The number of ketones is 1. The Morgan fingerprint density at radius 1 is 1.67 bits per heavy atom. The van der Waals surface area contributed by atoms with Gasteiger partial charge >= 0.3 is 0 Å². The molecular weight excluding hydrogens is 261 g/mol. The number of carbonyl (C=O) groups excluding carboxylic acids is 1. The van der Waals surface area contributed by atoms with Crippen LogP contribution in [0.1, 0.15) is 16.8 Å². The van der Waals surface area contributed by atoms with Gasteiger partial charge in [-0.3, -0.25) is 4.79 Å². The first-order valence-corrected chi connectivity index (χ1v) is 5.22. The van der Waals surface area contributed by atoms with Crippen LogP contribution in [-0.2, 0) is 0 Å². The van der Waals surface area contributed by atoms with Gasteiger partial charge in [0, 0.05) is 0 Å². The van der Waals surface area contributed by atoms with Crippen molar-refractivity contribution in [2.45, 2.75) is 12.5 Å². The Morgan fingerprint density at radius 2 is 2.33 bits per heavy atom. The molecule has 0 spiro atoms. The van der Waals surface area contributed by atoms with Crippen LogP contribution in [0.2, 0.25) is 0 Å². The zero-order valence-corrected chi connectivity index (χ0v) is 9.63. The lowest BCUT2D eigenvalue weighted by molar-refractivity contribution is 0.0958. The largest absolute Gasteiger partial charge is 0.321 e. The third kappa shape index (κ3) is 2.73. The summed E-state index contributed by atoms with van der Waals surface area (Å²) in [5.74, 6) is -0.976. The van der Waals surface area contributed by atoms with Crippen molar-refractivity contribution < 1.29 is 9.18 Å². The third-order valence-corrected chi connectivity index (χ3v) is 2.59. The summed E-state index contributed by atoms with van der Waals surface area (Å²) in [4.78, 5) is 11.7. The SMILES string of the molecule is C=CCC(N)C(=O)c1cccc(Br)c1F. The summed E-state index contributed by atoms with van der Waals surface area (Å²) >= 11 is 3.01. The van der Waals surface area contributed by atoms with Crippen molar-refractivity contribution in [2.24, 2.45) is 5.73 Å². The monoisotopic (exact) mass is 271 g/mol. The van der Waals surface area contributed by atoms with Crippen LogP contribution >= 0.6 is 15.9 Å². The lowest BCUT2D eigenvalue weighted by atomic mass is 10.0. The van der Waals surface area contributed by atoms with Crippen molar-refractivity contribution in [3.05, 3.63) is 46.7 Å². The second kappa shape index (κ2) is 5.19. The highest BCUT2D eigenvalue weighted by molar-refractivity contribution is 9.10. The van der Waals surface area contributed by atoms with E-state index < -0.39 is 17.6 Å². The lowest BCUT2D eigenvalue weighted by Gasteiger charge is -2.09. The summed E-state index contributed by atoms with van der Waals surface area (Å²) in [5.41, 5.74) is 5.59. The smallest absolute Gasteiger partial charge is 0.182 e. The van der Waals surface area contributed by atoms with Gasteiger partial charge in [-0.25, -0.2) is 4.39 Å². The topological polar surface area (TPSA) is 43.1 Å². The summed E-state index contributed by atoms with van der Waals surface area (Å²) in [5, 5.41) is 0. The molecule has 15 heavy (non-hydrogen) atoms. The standard InChI is InChI=1S/C11H11BrFNO/c1-2-4-9(14)11(15)7-5-3-6-8(12)10(7)13/h2-3,5-6,9H,1,4,14H2. The molecule has 4 heteroatoms. The predicted octanol–water partition coefficient (Wildman–Crippen LogP) is 2.67. The van der Waals surface area contributed by atoms with Crippen LogP contribution in [0.4, 0.5) is 4.39 Å². The second-order valence-electron chi connectivity index (χ2n) is 3.10. The third-order valence-electron chi connectivity index (χ3n) is 1.97. The van der Waals surface area contributed by atoms with Crippen LogP contribution in [0, 0.1) is 5.82 Å². The van der Waals surface area contributed by atoms with Gasteiger partial charge in [-0.05, 0) is 34.5 Å². The van der Waals surface area contributed by atoms with Crippen LogP contribution in [0.5, 0.6) is 0 Å². The molecule has 0 radical (unpaired) electrons. The van der Waals surface area contributed by atoms with Crippen molar-refractivity contribution in [3.8, 4) is 0 Å². The first kappa shape index (κ1) is 12.1. The molecule has 0 fully saturated rings. The van der Waals surface area contributed by atoms with Crippen molar-refractivity contribution in [2.75, 3.05) is 0 Å². The van der Waals surface area contributed by atoms with Crippen molar-refractivity contribution >= 4 is 21.7 Å². The number of hydrogen-bond donors (Lipinski definition) is 1. The number of carbonyl (C=O) groups is 1. The lowest BCUT2D eigenvalue weighted by Crippen LogP contribution is -2.30.